The minimum atomic E-state index is -1.18. The molecule has 1 aliphatic heterocycles. The molecule has 2 aliphatic rings. The van der Waals surface area contributed by atoms with Crippen molar-refractivity contribution in [3.8, 4) is 0 Å². The van der Waals surface area contributed by atoms with Crippen molar-refractivity contribution < 1.29 is 38.2 Å². The number of rotatable bonds is 16. The van der Waals surface area contributed by atoms with Crippen molar-refractivity contribution in [3.05, 3.63) is 48.0 Å². The average molecular weight is 671 g/mol. The second-order valence-electron chi connectivity index (χ2n) is 14.1. The SMILES string of the molecule is CC(C)C[C@H](NC(=O)[C@@H](NC(=O)OCc1ccccc1)C(C)OC(C)(C)C)C(=O)N[C@H](/C=C/C(=O)OC1CCCC1)CC1CCNC1=O. The summed E-state index contributed by atoms with van der Waals surface area (Å²) in [5.74, 6) is -2.03. The quantitative estimate of drug-likeness (QED) is 0.151. The molecule has 5 atom stereocenters. The zero-order chi connectivity index (χ0) is 35.3. The highest BCUT2D eigenvalue weighted by Crippen LogP contribution is 2.22. The third-order valence-electron chi connectivity index (χ3n) is 8.20. The lowest BCUT2D eigenvalue weighted by Crippen LogP contribution is -2.59. The summed E-state index contributed by atoms with van der Waals surface area (Å²) in [7, 11) is 0. The molecule has 0 aromatic heterocycles. The smallest absolute Gasteiger partial charge is 0.408 e. The summed E-state index contributed by atoms with van der Waals surface area (Å²) in [5.41, 5.74) is 0.152. The maximum absolute atomic E-state index is 13.8. The van der Waals surface area contributed by atoms with E-state index in [9.17, 15) is 24.0 Å². The van der Waals surface area contributed by atoms with Gasteiger partial charge in [0.2, 0.25) is 17.7 Å². The Morgan fingerprint density at radius 3 is 2.25 bits per heavy atom. The largest absolute Gasteiger partial charge is 0.459 e. The van der Waals surface area contributed by atoms with E-state index in [0.29, 0.717) is 19.4 Å². The lowest BCUT2D eigenvalue weighted by Gasteiger charge is -2.32. The van der Waals surface area contributed by atoms with Gasteiger partial charge in [-0.05, 0) is 84.1 Å². The summed E-state index contributed by atoms with van der Waals surface area (Å²) in [6.07, 6.45) is 6.05. The van der Waals surface area contributed by atoms with Gasteiger partial charge in [-0.2, -0.15) is 0 Å². The Bertz CT molecular complexity index is 1260. The van der Waals surface area contributed by atoms with Crippen molar-refractivity contribution in [2.45, 2.75) is 129 Å². The number of hydrogen-bond acceptors (Lipinski definition) is 8. The standard InChI is InChI=1S/C36H54N4O8/c1-23(2)20-29(33(43)38-27(21-26-18-19-37-32(26)42)16-17-30(41)47-28-14-10-11-15-28)39-34(44)31(24(3)48-36(4,5)6)40-35(45)46-22-25-12-8-7-9-13-25/h7-9,12-13,16-17,23-24,26-29,31H,10-11,14-15,18-22H2,1-6H3,(H,37,42)(H,38,43)(H,39,44)(H,40,45)/b17-16+/t24?,26?,27-,29+,31+/m1/s1. The summed E-state index contributed by atoms with van der Waals surface area (Å²) >= 11 is 0. The molecular weight excluding hydrogens is 616 g/mol. The van der Waals surface area contributed by atoms with E-state index >= 15 is 0 Å². The van der Waals surface area contributed by atoms with Crippen LogP contribution in [0.25, 0.3) is 0 Å². The lowest BCUT2D eigenvalue weighted by molar-refractivity contribution is -0.142. The van der Waals surface area contributed by atoms with Gasteiger partial charge in [0, 0.05) is 24.6 Å². The molecule has 4 N–H and O–H groups in total. The summed E-state index contributed by atoms with van der Waals surface area (Å²) in [6, 6.07) is 6.32. The normalized spacial score (nSPS) is 19.3. The molecule has 0 bridgehead atoms. The van der Waals surface area contributed by atoms with Crippen LogP contribution in [0, 0.1) is 11.8 Å². The first-order valence-electron chi connectivity index (χ1n) is 17.1. The molecule has 4 amide bonds. The van der Waals surface area contributed by atoms with Crippen LogP contribution in [0.2, 0.25) is 0 Å². The molecule has 1 saturated heterocycles. The van der Waals surface area contributed by atoms with Gasteiger partial charge in [0.05, 0.1) is 11.7 Å². The average Bonchev–Trinajstić information content (AvgIpc) is 3.67. The fraction of sp³-hybridized carbons (Fsp3) is 0.639. The number of ether oxygens (including phenoxy) is 3. The summed E-state index contributed by atoms with van der Waals surface area (Å²) in [5, 5.41) is 11.2. The number of carbonyl (C=O) groups excluding carboxylic acids is 5. The first kappa shape index (κ1) is 38.5. The molecule has 0 spiro atoms. The summed E-state index contributed by atoms with van der Waals surface area (Å²) < 4.78 is 16.9. The molecule has 0 radical (unpaired) electrons. The van der Waals surface area contributed by atoms with Crippen molar-refractivity contribution in [1.29, 1.82) is 0 Å². The number of esters is 1. The lowest BCUT2D eigenvalue weighted by atomic mass is 9.96. The highest BCUT2D eigenvalue weighted by atomic mass is 16.6. The van der Waals surface area contributed by atoms with Crippen LogP contribution in [0.5, 0.6) is 0 Å². The van der Waals surface area contributed by atoms with Crippen LogP contribution in [0.15, 0.2) is 42.5 Å². The van der Waals surface area contributed by atoms with Gasteiger partial charge >= 0.3 is 12.1 Å². The van der Waals surface area contributed by atoms with Crippen LogP contribution >= 0.6 is 0 Å². The molecule has 48 heavy (non-hydrogen) atoms. The van der Waals surface area contributed by atoms with Gasteiger partial charge in [-0.25, -0.2) is 9.59 Å². The number of alkyl carbamates (subject to hydrolysis) is 1. The Morgan fingerprint density at radius 2 is 1.65 bits per heavy atom. The van der Waals surface area contributed by atoms with Crippen LogP contribution in [0.3, 0.4) is 0 Å². The Balaban J connectivity index is 1.74. The van der Waals surface area contributed by atoms with E-state index in [-0.39, 0.29) is 36.9 Å². The monoisotopic (exact) mass is 670 g/mol. The van der Waals surface area contributed by atoms with Gasteiger partial charge in [-0.1, -0.05) is 50.3 Å². The minimum Gasteiger partial charge on any atom is -0.459 e. The molecule has 2 unspecified atom stereocenters. The van der Waals surface area contributed by atoms with Crippen molar-refractivity contribution >= 4 is 29.8 Å². The van der Waals surface area contributed by atoms with Crippen molar-refractivity contribution in [3.63, 3.8) is 0 Å². The van der Waals surface area contributed by atoms with Gasteiger partial charge in [0.15, 0.2) is 0 Å². The molecule has 1 aromatic carbocycles. The van der Waals surface area contributed by atoms with E-state index in [2.05, 4.69) is 21.3 Å². The Kier molecular flexibility index (Phi) is 14.9. The molecule has 3 rings (SSSR count). The molecular formula is C36H54N4O8. The molecule has 1 heterocycles. The van der Waals surface area contributed by atoms with Crippen LogP contribution in [0.1, 0.15) is 92.1 Å². The maximum Gasteiger partial charge on any atom is 0.408 e. The van der Waals surface area contributed by atoms with Gasteiger partial charge in [-0.3, -0.25) is 14.4 Å². The topological polar surface area (TPSA) is 161 Å². The van der Waals surface area contributed by atoms with E-state index in [1.165, 1.54) is 6.08 Å². The minimum absolute atomic E-state index is 0.00994. The van der Waals surface area contributed by atoms with E-state index in [4.69, 9.17) is 14.2 Å². The molecule has 1 aromatic rings. The Labute approximate surface area is 284 Å². The van der Waals surface area contributed by atoms with Crippen LogP contribution in [-0.4, -0.2) is 72.3 Å². The van der Waals surface area contributed by atoms with Crippen molar-refractivity contribution in [2.75, 3.05) is 6.54 Å². The zero-order valence-electron chi connectivity index (χ0n) is 29.2. The third kappa shape index (κ3) is 13.7. The van der Waals surface area contributed by atoms with Crippen molar-refractivity contribution in [1.82, 2.24) is 21.3 Å². The highest BCUT2D eigenvalue weighted by molar-refractivity contribution is 5.92. The third-order valence-corrected chi connectivity index (χ3v) is 8.20. The number of carbonyl (C=O) groups is 5. The van der Waals surface area contributed by atoms with E-state index in [1.54, 1.807) is 13.0 Å². The second-order valence-corrected chi connectivity index (χ2v) is 14.1. The fourth-order valence-corrected chi connectivity index (χ4v) is 5.93. The predicted molar refractivity (Wildman–Crippen MR) is 180 cm³/mol. The fourth-order valence-electron chi connectivity index (χ4n) is 5.93. The maximum atomic E-state index is 13.8. The Morgan fingerprint density at radius 1 is 0.958 bits per heavy atom. The number of benzene rings is 1. The molecule has 266 valence electrons. The van der Waals surface area contributed by atoms with Gasteiger partial charge in [-0.15, -0.1) is 0 Å². The molecule has 12 nitrogen and oxygen atoms in total. The van der Waals surface area contributed by atoms with Gasteiger partial charge in [0.25, 0.3) is 0 Å². The van der Waals surface area contributed by atoms with Crippen LogP contribution in [-0.2, 0) is 40.0 Å². The predicted octanol–water partition coefficient (Wildman–Crippen LogP) is 4.07. The van der Waals surface area contributed by atoms with E-state index in [1.807, 2.05) is 65.0 Å². The number of amides is 4. The molecule has 1 saturated carbocycles. The molecule has 1 aliphatic carbocycles. The Hall–Kier alpha value is -3.93. The molecule has 2 fully saturated rings. The first-order valence-corrected chi connectivity index (χ1v) is 17.1. The number of nitrogens with one attached hydrogen (secondary N) is 4. The summed E-state index contributed by atoms with van der Waals surface area (Å²) in [6.45, 7) is 11.6. The second kappa shape index (κ2) is 18.6. The van der Waals surface area contributed by atoms with E-state index < -0.39 is 53.7 Å². The van der Waals surface area contributed by atoms with Crippen molar-refractivity contribution in [2.24, 2.45) is 11.8 Å². The number of hydrogen-bond donors (Lipinski definition) is 4. The first-order chi connectivity index (χ1) is 22.7. The van der Waals surface area contributed by atoms with E-state index in [0.717, 1.165) is 31.2 Å². The highest BCUT2D eigenvalue weighted by Gasteiger charge is 2.35. The van der Waals surface area contributed by atoms with Crippen LogP contribution in [0.4, 0.5) is 4.79 Å². The van der Waals surface area contributed by atoms with Crippen LogP contribution < -0.4 is 21.3 Å². The van der Waals surface area contributed by atoms with Gasteiger partial charge < -0.3 is 35.5 Å². The molecule has 12 heteroatoms. The zero-order valence-corrected chi connectivity index (χ0v) is 29.2. The van der Waals surface area contributed by atoms with Gasteiger partial charge in [0.1, 0.15) is 24.8 Å². The summed E-state index contributed by atoms with van der Waals surface area (Å²) in [4.78, 5) is 65.4.